The largest absolute Gasteiger partial charge is 0.449 e. The quantitative estimate of drug-likeness (QED) is 0.525. The average molecular weight is 153 g/mol. The second-order valence-corrected chi connectivity index (χ2v) is 2.24. The average Bonchev–Trinajstić information content (AvgIpc) is 1.63. The monoisotopic (exact) mass is 153 g/mol. The predicted molar refractivity (Wildman–Crippen MR) is 31.2 cm³/mol. The lowest BCUT2D eigenvalue weighted by Crippen LogP contribution is -2.16. The molecule has 54 valence electrons. The zero-order valence-electron chi connectivity index (χ0n) is 4.57. The van der Waals surface area contributed by atoms with Crippen LogP contribution in [0, 0.1) is 0 Å². The Labute approximate surface area is 54.5 Å². The first-order valence-electron chi connectivity index (χ1n) is 2.12. The highest BCUT2D eigenvalue weighted by Gasteiger charge is 1.95. The summed E-state index contributed by atoms with van der Waals surface area (Å²) in [4.78, 5) is 9.80. The van der Waals surface area contributed by atoms with Gasteiger partial charge in [0, 0.05) is 0 Å². The van der Waals surface area contributed by atoms with Gasteiger partial charge in [-0.05, 0) is 0 Å². The molecule has 0 aromatic carbocycles. The zero-order valence-corrected chi connectivity index (χ0v) is 5.39. The molecule has 0 radical (unpaired) electrons. The van der Waals surface area contributed by atoms with Gasteiger partial charge in [-0.1, -0.05) is 0 Å². The van der Waals surface area contributed by atoms with E-state index in [1.54, 1.807) is 0 Å². The first-order valence-corrected chi connectivity index (χ1v) is 3.40. The van der Waals surface area contributed by atoms with E-state index >= 15 is 0 Å². The van der Waals surface area contributed by atoms with Gasteiger partial charge in [-0.15, -0.1) is 0 Å². The van der Waals surface area contributed by atoms with Crippen LogP contribution in [0.15, 0.2) is 0 Å². The molecule has 0 heterocycles. The van der Waals surface area contributed by atoms with E-state index in [4.69, 9.17) is 4.55 Å². The second-order valence-electron chi connectivity index (χ2n) is 1.19. The van der Waals surface area contributed by atoms with Gasteiger partial charge in [0.05, 0.1) is 5.75 Å². The highest BCUT2D eigenvalue weighted by Crippen LogP contribution is 1.76. The molecule has 0 aliphatic carbocycles. The van der Waals surface area contributed by atoms with Crippen LogP contribution >= 0.6 is 0 Å². The summed E-state index contributed by atoms with van der Waals surface area (Å²) in [6.45, 7) is -0.113. The third kappa shape index (κ3) is 7.38. The van der Waals surface area contributed by atoms with Crippen molar-refractivity contribution in [2.75, 3.05) is 12.4 Å². The maximum Gasteiger partial charge on any atom is 0.404 e. The Balaban J connectivity index is 3.10. The molecule has 3 N–H and O–H groups in total. The minimum atomic E-state index is -1.91. The predicted octanol–water partition coefficient (Wildman–Crippen LogP) is -0.697. The van der Waals surface area contributed by atoms with Gasteiger partial charge in [0.25, 0.3) is 0 Å². The van der Waals surface area contributed by atoms with Gasteiger partial charge in [-0.3, -0.25) is 0 Å². The van der Waals surface area contributed by atoms with Crippen molar-refractivity contribution in [2.24, 2.45) is 5.73 Å². The molecule has 0 aromatic heterocycles. The van der Waals surface area contributed by atoms with E-state index in [9.17, 15) is 9.00 Å². The molecule has 0 aliphatic rings. The fourth-order valence-electron chi connectivity index (χ4n) is 0.214. The molecule has 0 aromatic rings. The first-order chi connectivity index (χ1) is 4.13. The number of primary amides is 1. The molecule has 1 atom stereocenters. The van der Waals surface area contributed by atoms with Crippen molar-refractivity contribution >= 4 is 17.2 Å². The minimum Gasteiger partial charge on any atom is -0.449 e. The van der Waals surface area contributed by atoms with Crippen LogP contribution in [-0.4, -0.2) is 27.2 Å². The summed E-state index contributed by atoms with van der Waals surface area (Å²) >= 11 is -1.91. The van der Waals surface area contributed by atoms with Gasteiger partial charge >= 0.3 is 6.09 Å². The lowest BCUT2D eigenvalue weighted by molar-refractivity contribution is 0.163. The number of rotatable bonds is 3. The molecule has 0 bridgehead atoms. The maximum absolute atomic E-state index is 9.86. The SMILES string of the molecule is NC(=O)OCCS(=O)O. The van der Waals surface area contributed by atoms with Crippen molar-refractivity contribution in [1.82, 2.24) is 0 Å². The van der Waals surface area contributed by atoms with Crippen molar-refractivity contribution in [3.63, 3.8) is 0 Å². The van der Waals surface area contributed by atoms with E-state index < -0.39 is 17.2 Å². The molecule has 0 saturated carbocycles. The van der Waals surface area contributed by atoms with Crippen LogP contribution in [0.5, 0.6) is 0 Å². The highest BCUT2D eigenvalue weighted by atomic mass is 32.2. The Kier molecular flexibility index (Phi) is 3.98. The number of ether oxygens (including phenoxy) is 1. The summed E-state index contributed by atoms with van der Waals surface area (Å²) in [6.07, 6.45) is -0.930. The van der Waals surface area contributed by atoms with E-state index in [1.165, 1.54) is 0 Å². The smallest absolute Gasteiger partial charge is 0.404 e. The van der Waals surface area contributed by atoms with Crippen molar-refractivity contribution < 1.29 is 18.3 Å². The molecule has 0 saturated heterocycles. The van der Waals surface area contributed by atoms with Gasteiger partial charge in [0.1, 0.15) is 6.61 Å². The maximum atomic E-state index is 9.86. The Bertz CT molecular complexity index is 111. The Morgan fingerprint density at radius 2 is 2.33 bits per heavy atom. The van der Waals surface area contributed by atoms with E-state index in [2.05, 4.69) is 10.5 Å². The minimum absolute atomic E-state index is 0.0943. The Morgan fingerprint density at radius 3 is 2.67 bits per heavy atom. The first kappa shape index (κ1) is 8.38. The third-order valence-corrected chi connectivity index (χ3v) is 1.02. The van der Waals surface area contributed by atoms with Crippen molar-refractivity contribution in [3.05, 3.63) is 0 Å². The molecule has 0 fully saturated rings. The molecule has 9 heavy (non-hydrogen) atoms. The molecule has 0 spiro atoms. The summed E-state index contributed by atoms with van der Waals surface area (Å²) in [5.74, 6) is -0.0943. The summed E-state index contributed by atoms with van der Waals surface area (Å²) in [5, 5.41) is 0. The molecule has 6 heteroatoms. The second kappa shape index (κ2) is 4.28. The molecular weight excluding hydrogens is 146 g/mol. The van der Waals surface area contributed by atoms with E-state index in [0.717, 1.165) is 0 Å². The van der Waals surface area contributed by atoms with Gasteiger partial charge < -0.3 is 15.0 Å². The molecular formula is C3H7NO4S. The number of amides is 1. The molecule has 1 amide bonds. The lowest BCUT2D eigenvalue weighted by Gasteiger charge is -1.95. The van der Waals surface area contributed by atoms with Gasteiger partial charge in [0.15, 0.2) is 11.1 Å². The van der Waals surface area contributed by atoms with Gasteiger partial charge in [0.2, 0.25) is 0 Å². The van der Waals surface area contributed by atoms with Crippen LogP contribution in [0.3, 0.4) is 0 Å². The molecule has 0 aliphatic heterocycles. The lowest BCUT2D eigenvalue weighted by atomic mass is 10.9. The van der Waals surface area contributed by atoms with Crippen molar-refractivity contribution in [2.45, 2.75) is 0 Å². The number of hydrogen-bond acceptors (Lipinski definition) is 3. The van der Waals surface area contributed by atoms with Crippen LogP contribution in [0.1, 0.15) is 0 Å². The molecule has 1 unspecified atom stereocenters. The van der Waals surface area contributed by atoms with Crippen molar-refractivity contribution in [3.8, 4) is 0 Å². The number of carbonyl (C=O) groups is 1. The van der Waals surface area contributed by atoms with Crippen LogP contribution < -0.4 is 5.73 Å². The van der Waals surface area contributed by atoms with Gasteiger partial charge in [-0.2, -0.15) is 0 Å². The summed E-state index contributed by atoms with van der Waals surface area (Å²) in [5.41, 5.74) is 4.54. The van der Waals surface area contributed by atoms with Crippen LogP contribution in [0.2, 0.25) is 0 Å². The fraction of sp³-hybridized carbons (Fsp3) is 0.667. The van der Waals surface area contributed by atoms with Crippen molar-refractivity contribution in [1.29, 1.82) is 0 Å². The Hall–Kier alpha value is -0.620. The van der Waals surface area contributed by atoms with E-state index in [1.807, 2.05) is 0 Å². The molecule has 0 rings (SSSR count). The van der Waals surface area contributed by atoms with Crippen LogP contribution in [0.4, 0.5) is 4.79 Å². The van der Waals surface area contributed by atoms with Gasteiger partial charge in [-0.25, -0.2) is 9.00 Å². The standard InChI is InChI=1S/C3H7NO4S/c4-3(5)8-1-2-9(6)7/h1-2H2,(H2,4,5)(H,6,7). The van der Waals surface area contributed by atoms with E-state index in [-0.39, 0.29) is 12.4 Å². The van der Waals surface area contributed by atoms with E-state index in [0.29, 0.717) is 0 Å². The normalized spacial score (nSPS) is 12.6. The summed E-state index contributed by atoms with van der Waals surface area (Å²) < 4.78 is 22.1. The molecule has 5 nitrogen and oxygen atoms in total. The number of hydrogen-bond donors (Lipinski definition) is 2. The topological polar surface area (TPSA) is 89.6 Å². The summed E-state index contributed by atoms with van der Waals surface area (Å²) in [7, 11) is 0. The van der Waals surface area contributed by atoms with Crippen LogP contribution in [0.25, 0.3) is 0 Å². The highest BCUT2D eigenvalue weighted by molar-refractivity contribution is 7.79. The summed E-state index contributed by atoms with van der Waals surface area (Å²) in [6, 6.07) is 0. The fourth-order valence-corrected chi connectivity index (χ4v) is 0.439. The number of nitrogens with two attached hydrogens (primary N) is 1. The third-order valence-electron chi connectivity index (χ3n) is 0.502. The Morgan fingerprint density at radius 1 is 1.78 bits per heavy atom. The van der Waals surface area contributed by atoms with Crippen LogP contribution in [-0.2, 0) is 15.8 Å². The number of carbonyl (C=O) groups excluding carboxylic acids is 1. The zero-order chi connectivity index (χ0) is 7.28.